The number of carbonyl (C=O) groups is 1. The third-order valence-electron chi connectivity index (χ3n) is 4.41. The first-order valence-electron chi connectivity index (χ1n) is 8.98. The lowest BCUT2D eigenvalue weighted by Gasteiger charge is -2.15. The van der Waals surface area contributed by atoms with Crippen LogP contribution in [0.5, 0.6) is 11.5 Å². The highest BCUT2D eigenvalue weighted by Crippen LogP contribution is 2.21. The first kappa shape index (κ1) is 19.8. The van der Waals surface area contributed by atoms with E-state index in [2.05, 4.69) is 5.32 Å². The molecule has 0 saturated carbocycles. The Morgan fingerprint density at radius 1 is 1.00 bits per heavy atom. The molecule has 0 bridgehead atoms. The standard InChI is InChI=1S/C23H22ClNO3/c1-16(17-10-12-20(27-2)13-11-17)25-23(26)18-7-5-8-21(14-18)28-15-19-6-3-4-9-22(19)24/h3-14,16H,15H2,1-2H3,(H,25,26)/t16-/m0/s1. The van der Waals surface area contributed by atoms with Gasteiger partial charge in [0.15, 0.2) is 0 Å². The molecule has 144 valence electrons. The number of ether oxygens (including phenoxy) is 2. The number of hydrogen-bond acceptors (Lipinski definition) is 3. The number of nitrogens with one attached hydrogen (secondary N) is 1. The zero-order valence-electron chi connectivity index (χ0n) is 15.8. The molecular weight excluding hydrogens is 374 g/mol. The summed E-state index contributed by atoms with van der Waals surface area (Å²) in [5, 5.41) is 3.66. The van der Waals surface area contributed by atoms with E-state index in [-0.39, 0.29) is 11.9 Å². The third-order valence-corrected chi connectivity index (χ3v) is 4.78. The van der Waals surface area contributed by atoms with Crippen molar-refractivity contribution in [3.63, 3.8) is 0 Å². The van der Waals surface area contributed by atoms with Gasteiger partial charge in [0.25, 0.3) is 5.91 Å². The summed E-state index contributed by atoms with van der Waals surface area (Å²) in [6.07, 6.45) is 0. The molecule has 0 aliphatic rings. The van der Waals surface area contributed by atoms with Gasteiger partial charge in [-0.05, 0) is 48.9 Å². The molecule has 0 fully saturated rings. The van der Waals surface area contributed by atoms with Crippen LogP contribution in [0.2, 0.25) is 5.02 Å². The highest BCUT2D eigenvalue weighted by atomic mass is 35.5. The Labute approximate surface area is 170 Å². The van der Waals surface area contributed by atoms with Crippen LogP contribution < -0.4 is 14.8 Å². The largest absolute Gasteiger partial charge is 0.497 e. The van der Waals surface area contributed by atoms with Crippen molar-refractivity contribution in [3.05, 3.63) is 94.5 Å². The molecule has 1 atom stereocenters. The fourth-order valence-corrected chi connectivity index (χ4v) is 2.95. The summed E-state index contributed by atoms with van der Waals surface area (Å²) < 4.78 is 11.0. The lowest BCUT2D eigenvalue weighted by atomic mass is 10.1. The predicted molar refractivity (Wildman–Crippen MR) is 111 cm³/mol. The van der Waals surface area contributed by atoms with Gasteiger partial charge in [0.05, 0.1) is 13.2 Å². The normalized spacial score (nSPS) is 11.5. The van der Waals surface area contributed by atoms with E-state index >= 15 is 0 Å². The van der Waals surface area contributed by atoms with E-state index in [9.17, 15) is 4.79 Å². The molecule has 4 nitrogen and oxygen atoms in total. The molecule has 0 aliphatic heterocycles. The van der Waals surface area contributed by atoms with E-state index in [0.717, 1.165) is 16.9 Å². The maximum absolute atomic E-state index is 12.6. The van der Waals surface area contributed by atoms with Gasteiger partial charge >= 0.3 is 0 Å². The van der Waals surface area contributed by atoms with Crippen molar-refractivity contribution in [3.8, 4) is 11.5 Å². The van der Waals surface area contributed by atoms with Crippen molar-refractivity contribution in [2.24, 2.45) is 0 Å². The van der Waals surface area contributed by atoms with E-state index in [0.29, 0.717) is 22.9 Å². The molecule has 5 heteroatoms. The highest BCUT2D eigenvalue weighted by Gasteiger charge is 2.12. The number of amides is 1. The van der Waals surface area contributed by atoms with Crippen LogP contribution in [0.1, 0.15) is 34.5 Å². The van der Waals surface area contributed by atoms with Gasteiger partial charge in [0.1, 0.15) is 18.1 Å². The Balaban J connectivity index is 1.63. The molecule has 1 N–H and O–H groups in total. The second kappa shape index (κ2) is 9.29. The summed E-state index contributed by atoms with van der Waals surface area (Å²) in [5.41, 5.74) is 2.43. The number of hydrogen-bond donors (Lipinski definition) is 1. The van der Waals surface area contributed by atoms with Gasteiger partial charge in [-0.15, -0.1) is 0 Å². The molecule has 0 aromatic heterocycles. The minimum atomic E-state index is -0.161. The Hall–Kier alpha value is -2.98. The first-order chi connectivity index (χ1) is 13.6. The summed E-state index contributed by atoms with van der Waals surface area (Å²) in [6.45, 7) is 2.28. The van der Waals surface area contributed by atoms with Gasteiger partial charge < -0.3 is 14.8 Å². The Bertz CT molecular complexity index is 941. The fourth-order valence-electron chi connectivity index (χ4n) is 2.76. The molecule has 3 aromatic carbocycles. The quantitative estimate of drug-likeness (QED) is 0.581. The molecule has 3 rings (SSSR count). The van der Waals surface area contributed by atoms with Crippen LogP contribution in [0, 0.1) is 0 Å². The van der Waals surface area contributed by atoms with Crippen LogP contribution >= 0.6 is 11.6 Å². The van der Waals surface area contributed by atoms with Crippen molar-refractivity contribution in [2.45, 2.75) is 19.6 Å². The second-order valence-corrected chi connectivity index (χ2v) is 6.78. The average Bonchev–Trinajstić information content (AvgIpc) is 2.73. The topological polar surface area (TPSA) is 47.6 Å². The fraction of sp³-hybridized carbons (Fsp3) is 0.174. The molecule has 28 heavy (non-hydrogen) atoms. The van der Waals surface area contributed by atoms with Crippen molar-refractivity contribution in [1.29, 1.82) is 0 Å². The van der Waals surface area contributed by atoms with Gasteiger partial charge in [-0.2, -0.15) is 0 Å². The smallest absolute Gasteiger partial charge is 0.251 e. The summed E-state index contributed by atoms with van der Waals surface area (Å²) in [6, 6.07) is 22.1. The molecule has 0 spiro atoms. The number of halogens is 1. The molecule has 0 aliphatic carbocycles. The van der Waals surface area contributed by atoms with Crippen LogP contribution in [0.15, 0.2) is 72.8 Å². The third kappa shape index (κ3) is 5.05. The Morgan fingerprint density at radius 3 is 2.46 bits per heavy atom. The van der Waals surface area contributed by atoms with Crippen molar-refractivity contribution < 1.29 is 14.3 Å². The van der Waals surface area contributed by atoms with Gasteiger partial charge in [-0.3, -0.25) is 4.79 Å². The van der Waals surface area contributed by atoms with Crippen molar-refractivity contribution in [2.75, 3.05) is 7.11 Å². The lowest BCUT2D eigenvalue weighted by molar-refractivity contribution is 0.0939. The maximum atomic E-state index is 12.6. The number of carbonyl (C=O) groups excluding carboxylic acids is 1. The number of benzene rings is 3. The van der Waals surface area contributed by atoms with Crippen LogP contribution in [0.25, 0.3) is 0 Å². The molecule has 0 unspecified atom stereocenters. The van der Waals surface area contributed by atoms with Crippen LogP contribution in [0.4, 0.5) is 0 Å². The van der Waals surface area contributed by atoms with Crippen LogP contribution in [-0.4, -0.2) is 13.0 Å². The van der Waals surface area contributed by atoms with Crippen molar-refractivity contribution >= 4 is 17.5 Å². The minimum Gasteiger partial charge on any atom is -0.497 e. The molecular formula is C23H22ClNO3. The zero-order valence-corrected chi connectivity index (χ0v) is 16.6. The second-order valence-electron chi connectivity index (χ2n) is 6.38. The van der Waals surface area contributed by atoms with Crippen molar-refractivity contribution in [1.82, 2.24) is 5.32 Å². The van der Waals surface area contributed by atoms with Gasteiger partial charge in [0, 0.05) is 16.1 Å². The van der Waals surface area contributed by atoms with E-state index in [1.807, 2.05) is 61.5 Å². The van der Waals surface area contributed by atoms with Crippen LogP contribution in [-0.2, 0) is 6.61 Å². The van der Waals surface area contributed by atoms with E-state index in [4.69, 9.17) is 21.1 Å². The van der Waals surface area contributed by atoms with Gasteiger partial charge in [-0.1, -0.05) is 48.0 Å². The minimum absolute atomic E-state index is 0.133. The highest BCUT2D eigenvalue weighted by molar-refractivity contribution is 6.31. The maximum Gasteiger partial charge on any atom is 0.251 e. The first-order valence-corrected chi connectivity index (χ1v) is 9.35. The monoisotopic (exact) mass is 395 g/mol. The summed E-state index contributed by atoms with van der Waals surface area (Å²) >= 11 is 6.15. The Morgan fingerprint density at radius 2 is 1.75 bits per heavy atom. The van der Waals surface area contributed by atoms with Gasteiger partial charge in [-0.25, -0.2) is 0 Å². The molecule has 0 saturated heterocycles. The number of methoxy groups -OCH3 is 1. The van der Waals surface area contributed by atoms with Gasteiger partial charge in [0.2, 0.25) is 0 Å². The van der Waals surface area contributed by atoms with Crippen LogP contribution in [0.3, 0.4) is 0 Å². The van der Waals surface area contributed by atoms with E-state index in [1.54, 1.807) is 25.3 Å². The molecule has 3 aromatic rings. The summed E-state index contributed by atoms with van der Waals surface area (Å²) in [7, 11) is 1.63. The average molecular weight is 396 g/mol. The number of rotatable bonds is 7. The SMILES string of the molecule is COc1ccc([C@H](C)NC(=O)c2cccc(OCc3ccccc3Cl)c2)cc1. The van der Waals surface area contributed by atoms with E-state index < -0.39 is 0 Å². The molecule has 0 radical (unpaired) electrons. The zero-order chi connectivity index (χ0) is 19.9. The Kier molecular flexibility index (Phi) is 6.56. The predicted octanol–water partition coefficient (Wildman–Crippen LogP) is 5.42. The summed E-state index contributed by atoms with van der Waals surface area (Å²) in [5.74, 6) is 1.24. The molecule has 1 amide bonds. The molecule has 0 heterocycles. The van der Waals surface area contributed by atoms with E-state index in [1.165, 1.54) is 0 Å². The lowest BCUT2D eigenvalue weighted by Crippen LogP contribution is -2.26. The summed E-state index contributed by atoms with van der Waals surface area (Å²) in [4.78, 5) is 12.6.